The second-order valence-corrected chi connectivity index (χ2v) is 6.59. The Kier molecular flexibility index (Phi) is 4.20. The first-order chi connectivity index (χ1) is 8.97. The Balaban J connectivity index is 1.88. The van der Waals surface area contributed by atoms with E-state index in [9.17, 15) is 13.2 Å². The Hall–Kier alpha value is -1.41. The van der Waals surface area contributed by atoms with Crippen molar-refractivity contribution in [1.29, 1.82) is 0 Å². The SMILES string of the molecule is NS(=O)(=O)C1CCCN(C(=O)CCn2ccnc2)C1. The summed E-state index contributed by atoms with van der Waals surface area (Å²) >= 11 is 0. The van der Waals surface area contributed by atoms with Crippen LogP contribution in [0.5, 0.6) is 0 Å². The van der Waals surface area contributed by atoms with E-state index in [1.165, 1.54) is 0 Å². The van der Waals surface area contributed by atoms with E-state index in [-0.39, 0.29) is 12.5 Å². The van der Waals surface area contributed by atoms with Crippen molar-refractivity contribution in [3.63, 3.8) is 0 Å². The number of likely N-dealkylation sites (tertiary alicyclic amines) is 1. The van der Waals surface area contributed by atoms with E-state index in [0.717, 1.165) is 0 Å². The Morgan fingerprint density at radius 1 is 1.47 bits per heavy atom. The number of primary sulfonamides is 1. The number of nitrogens with two attached hydrogens (primary N) is 1. The monoisotopic (exact) mass is 286 g/mol. The maximum Gasteiger partial charge on any atom is 0.224 e. The third kappa shape index (κ3) is 3.77. The minimum absolute atomic E-state index is 0.0398. The average molecular weight is 286 g/mol. The van der Waals surface area contributed by atoms with E-state index in [1.54, 1.807) is 23.6 Å². The summed E-state index contributed by atoms with van der Waals surface area (Å²) in [5.41, 5.74) is 0. The fraction of sp³-hybridized carbons (Fsp3) is 0.636. The van der Waals surface area contributed by atoms with Gasteiger partial charge in [0.05, 0.1) is 11.6 Å². The molecule has 1 saturated heterocycles. The molecule has 0 saturated carbocycles. The summed E-state index contributed by atoms with van der Waals surface area (Å²) in [5.74, 6) is -0.0398. The minimum atomic E-state index is -3.56. The molecule has 2 heterocycles. The normalized spacial score (nSPS) is 20.5. The maximum absolute atomic E-state index is 12.0. The van der Waals surface area contributed by atoms with Gasteiger partial charge in [-0.3, -0.25) is 4.79 Å². The molecule has 1 unspecified atom stereocenters. The molecule has 19 heavy (non-hydrogen) atoms. The molecule has 8 heteroatoms. The van der Waals surface area contributed by atoms with E-state index >= 15 is 0 Å². The number of imidazole rings is 1. The molecular weight excluding hydrogens is 268 g/mol. The molecule has 1 atom stereocenters. The fourth-order valence-corrected chi connectivity index (χ4v) is 3.12. The first-order valence-electron chi connectivity index (χ1n) is 6.22. The van der Waals surface area contributed by atoms with Gasteiger partial charge in [0.25, 0.3) is 0 Å². The van der Waals surface area contributed by atoms with Crippen LogP contribution in [0.2, 0.25) is 0 Å². The van der Waals surface area contributed by atoms with Crippen LogP contribution < -0.4 is 5.14 Å². The lowest BCUT2D eigenvalue weighted by Gasteiger charge is -2.31. The molecule has 0 aromatic carbocycles. The topological polar surface area (TPSA) is 98.3 Å². The highest BCUT2D eigenvalue weighted by Gasteiger charge is 2.30. The number of piperidine rings is 1. The Labute approximate surface area is 112 Å². The number of aryl methyl sites for hydroxylation is 1. The second-order valence-electron chi connectivity index (χ2n) is 4.74. The lowest BCUT2D eigenvalue weighted by molar-refractivity contribution is -0.132. The van der Waals surface area contributed by atoms with Crippen LogP contribution in [-0.4, -0.2) is 47.1 Å². The molecule has 1 fully saturated rings. The Morgan fingerprint density at radius 2 is 2.26 bits per heavy atom. The molecule has 0 spiro atoms. The molecule has 0 aliphatic carbocycles. The molecule has 1 aliphatic heterocycles. The molecule has 2 N–H and O–H groups in total. The van der Waals surface area contributed by atoms with Gasteiger partial charge in [0.15, 0.2) is 0 Å². The predicted molar refractivity (Wildman–Crippen MR) is 69.6 cm³/mol. The van der Waals surface area contributed by atoms with Crippen LogP contribution in [0, 0.1) is 0 Å². The molecule has 2 rings (SSSR count). The fourth-order valence-electron chi connectivity index (χ4n) is 2.23. The van der Waals surface area contributed by atoms with Crippen LogP contribution in [0.15, 0.2) is 18.7 Å². The first kappa shape index (κ1) is 14.0. The molecule has 1 aromatic rings. The van der Waals surface area contributed by atoms with Crippen molar-refractivity contribution < 1.29 is 13.2 Å². The van der Waals surface area contributed by atoms with Crippen molar-refractivity contribution >= 4 is 15.9 Å². The summed E-state index contributed by atoms with van der Waals surface area (Å²) in [5, 5.41) is 4.52. The third-order valence-corrected chi connectivity index (χ3v) is 4.65. The molecule has 7 nitrogen and oxygen atoms in total. The molecule has 1 aliphatic rings. The lowest BCUT2D eigenvalue weighted by Crippen LogP contribution is -2.47. The zero-order valence-electron chi connectivity index (χ0n) is 10.6. The van der Waals surface area contributed by atoms with Crippen molar-refractivity contribution in [1.82, 2.24) is 14.5 Å². The Morgan fingerprint density at radius 3 is 2.89 bits per heavy atom. The van der Waals surface area contributed by atoms with Gasteiger partial charge in [-0.2, -0.15) is 0 Å². The summed E-state index contributed by atoms with van der Waals surface area (Å²) in [7, 11) is -3.56. The maximum atomic E-state index is 12.0. The number of carbonyl (C=O) groups is 1. The molecule has 1 aromatic heterocycles. The number of carbonyl (C=O) groups excluding carboxylic acids is 1. The zero-order chi connectivity index (χ0) is 13.9. The number of sulfonamides is 1. The first-order valence-corrected chi connectivity index (χ1v) is 7.83. The highest BCUT2D eigenvalue weighted by molar-refractivity contribution is 7.89. The van der Waals surface area contributed by atoms with Crippen LogP contribution in [0.1, 0.15) is 19.3 Å². The summed E-state index contributed by atoms with van der Waals surface area (Å²) < 4.78 is 24.5. The summed E-state index contributed by atoms with van der Waals surface area (Å²) in [6.45, 7) is 1.37. The van der Waals surface area contributed by atoms with Gasteiger partial charge in [-0.1, -0.05) is 0 Å². The van der Waals surface area contributed by atoms with Crippen LogP contribution >= 0.6 is 0 Å². The van der Waals surface area contributed by atoms with Crippen LogP contribution in [0.4, 0.5) is 0 Å². The zero-order valence-corrected chi connectivity index (χ0v) is 11.4. The standard InChI is InChI=1S/C11H18N4O3S/c12-19(17,18)10-2-1-5-15(8-10)11(16)3-6-14-7-4-13-9-14/h4,7,9-10H,1-3,5-6,8H2,(H2,12,17,18). The van der Waals surface area contributed by atoms with Crippen molar-refractivity contribution in [3.05, 3.63) is 18.7 Å². The van der Waals surface area contributed by atoms with E-state index in [0.29, 0.717) is 32.4 Å². The summed E-state index contributed by atoms with van der Waals surface area (Å²) in [6.07, 6.45) is 6.64. The molecule has 106 valence electrons. The van der Waals surface area contributed by atoms with Crippen molar-refractivity contribution in [2.45, 2.75) is 31.1 Å². The van der Waals surface area contributed by atoms with Crippen molar-refractivity contribution in [3.8, 4) is 0 Å². The predicted octanol–water partition coefficient (Wildman–Crippen LogP) is -0.447. The number of hydrogen-bond acceptors (Lipinski definition) is 4. The number of amides is 1. The van der Waals surface area contributed by atoms with Gasteiger partial charge in [0.2, 0.25) is 15.9 Å². The van der Waals surface area contributed by atoms with E-state index in [4.69, 9.17) is 5.14 Å². The van der Waals surface area contributed by atoms with Crippen molar-refractivity contribution in [2.24, 2.45) is 5.14 Å². The van der Waals surface area contributed by atoms with Crippen molar-refractivity contribution in [2.75, 3.05) is 13.1 Å². The van der Waals surface area contributed by atoms with Gasteiger partial charge >= 0.3 is 0 Å². The molecule has 0 bridgehead atoms. The number of nitrogens with zero attached hydrogens (tertiary/aromatic N) is 3. The summed E-state index contributed by atoms with van der Waals surface area (Å²) in [6, 6.07) is 0. The quantitative estimate of drug-likeness (QED) is 0.810. The van der Waals surface area contributed by atoms with Crippen LogP contribution in [0.25, 0.3) is 0 Å². The summed E-state index contributed by atoms with van der Waals surface area (Å²) in [4.78, 5) is 17.5. The number of aromatic nitrogens is 2. The highest BCUT2D eigenvalue weighted by Crippen LogP contribution is 2.16. The Bertz CT molecular complexity index is 526. The third-order valence-electron chi connectivity index (χ3n) is 3.34. The highest BCUT2D eigenvalue weighted by atomic mass is 32.2. The van der Waals surface area contributed by atoms with E-state index in [1.807, 2.05) is 4.57 Å². The van der Waals surface area contributed by atoms with Gasteiger partial charge in [-0.15, -0.1) is 0 Å². The molecule has 1 amide bonds. The number of rotatable bonds is 4. The van der Waals surface area contributed by atoms with E-state index in [2.05, 4.69) is 4.98 Å². The van der Waals surface area contributed by atoms with Gasteiger partial charge in [0, 0.05) is 38.4 Å². The van der Waals surface area contributed by atoms with E-state index < -0.39 is 15.3 Å². The second kappa shape index (κ2) is 5.70. The van der Waals surface area contributed by atoms with Crippen LogP contribution in [0.3, 0.4) is 0 Å². The minimum Gasteiger partial charge on any atom is -0.341 e. The van der Waals surface area contributed by atoms with Crippen LogP contribution in [-0.2, 0) is 21.4 Å². The molecule has 0 radical (unpaired) electrons. The smallest absolute Gasteiger partial charge is 0.224 e. The molecular formula is C11H18N4O3S. The van der Waals surface area contributed by atoms with Gasteiger partial charge in [-0.25, -0.2) is 18.5 Å². The lowest BCUT2D eigenvalue weighted by atomic mass is 10.1. The number of hydrogen-bond donors (Lipinski definition) is 1. The average Bonchev–Trinajstić information content (AvgIpc) is 2.88. The largest absolute Gasteiger partial charge is 0.341 e. The van der Waals surface area contributed by atoms with Gasteiger partial charge in [0.1, 0.15) is 0 Å². The van der Waals surface area contributed by atoms with Gasteiger partial charge in [-0.05, 0) is 12.8 Å². The van der Waals surface area contributed by atoms with Gasteiger partial charge < -0.3 is 9.47 Å².